The molecule has 0 radical (unpaired) electrons. The van der Waals surface area contributed by atoms with Gasteiger partial charge in [-0.1, -0.05) is 0 Å². The van der Waals surface area contributed by atoms with Gasteiger partial charge in [0.1, 0.15) is 0 Å². The minimum Gasteiger partial charge on any atom is -0.391 e. The molecule has 0 bridgehead atoms. The van der Waals surface area contributed by atoms with Crippen molar-refractivity contribution in [1.29, 1.82) is 0 Å². The monoisotopic (exact) mass is 210 g/mol. The van der Waals surface area contributed by atoms with Crippen LogP contribution in [0.1, 0.15) is 12.0 Å². The first-order valence-electron chi connectivity index (χ1n) is 5.25. The van der Waals surface area contributed by atoms with E-state index in [2.05, 4.69) is 10.3 Å². The SMILES string of the molecule is OC1CNCC1CCc1ccnc(F)c1. The first kappa shape index (κ1) is 10.5. The Hall–Kier alpha value is -1.00. The molecule has 2 N–H and O–H groups in total. The predicted molar refractivity (Wildman–Crippen MR) is 54.9 cm³/mol. The smallest absolute Gasteiger partial charge is 0.213 e. The normalized spacial score (nSPS) is 25.7. The summed E-state index contributed by atoms with van der Waals surface area (Å²) in [6.45, 7) is 1.53. The Morgan fingerprint density at radius 1 is 1.53 bits per heavy atom. The molecule has 2 atom stereocenters. The summed E-state index contributed by atoms with van der Waals surface area (Å²) in [7, 11) is 0. The number of halogens is 1. The summed E-state index contributed by atoms with van der Waals surface area (Å²) in [4.78, 5) is 3.51. The Labute approximate surface area is 88.3 Å². The van der Waals surface area contributed by atoms with Crippen LogP contribution in [-0.2, 0) is 6.42 Å². The average Bonchev–Trinajstić information content (AvgIpc) is 2.61. The highest BCUT2D eigenvalue weighted by Crippen LogP contribution is 2.16. The highest BCUT2D eigenvalue weighted by Gasteiger charge is 2.24. The lowest BCUT2D eigenvalue weighted by Crippen LogP contribution is -2.18. The summed E-state index contributed by atoms with van der Waals surface area (Å²) in [5, 5.41) is 12.7. The molecule has 0 amide bonds. The van der Waals surface area contributed by atoms with Crippen molar-refractivity contribution >= 4 is 0 Å². The second-order valence-corrected chi connectivity index (χ2v) is 4.01. The van der Waals surface area contributed by atoms with E-state index < -0.39 is 5.95 Å². The van der Waals surface area contributed by atoms with Crippen molar-refractivity contribution in [3.63, 3.8) is 0 Å². The molecule has 3 nitrogen and oxygen atoms in total. The Morgan fingerprint density at radius 3 is 3.07 bits per heavy atom. The van der Waals surface area contributed by atoms with Gasteiger partial charge >= 0.3 is 0 Å². The summed E-state index contributed by atoms with van der Waals surface area (Å²) in [6.07, 6.45) is 2.91. The summed E-state index contributed by atoms with van der Waals surface area (Å²) in [6, 6.07) is 3.27. The maximum atomic E-state index is 12.8. The first-order chi connectivity index (χ1) is 7.25. The number of aliphatic hydroxyl groups excluding tert-OH is 1. The Morgan fingerprint density at radius 2 is 2.40 bits per heavy atom. The number of nitrogens with zero attached hydrogens (tertiary/aromatic N) is 1. The van der Waals surface area contributed by atoms with E-state index in [1.165, 1.54) is 12.3 Å². The van der Waals surface area contributed by atoms with Gasteiger partial charge in [0.2, 0.25) is 5.95 Å². The minimum atomic E-state index is -0.433. The zero-order valence-corrected chi connectivity index (χ0v) is 8.49. The molecule has 1 aliphatic rings. The number of aromatic nitrogens is 1. The van der Waals surface area contributed by atoms with Gasteiger partial charge in [0.05, 0.1) is 6.10 Å². The molecule has 0 saturated carbocycles. The maximum Gasteiger partial charge on any atom is 0.213 e. The van der Waals surface area contributed by atoms with E-state index in [1.807, 2.05) is 6.07 Å². The largest absolute Gasteiger partial charge is 0.391 e. The van der Waals surface area contributed by atoms with Crippen LogP contribution in [0.5, 0.6) is 0 Å². The van der Waals surface area contributed by atoms with E-state index in [1.54, 1.807) is 0 Å². The van der Waals surface area contributed by atoms with Crippen molar-refractivity contribution in [3.8, 4) is 0 Å². The molecule has 82 valence electrons. The van der Waals surface area contributed by atoms with Crippen molar-refractivity contribution in [1.82, 2.24) is 10.3 Å². The topological polar surface area (TPSA) is 45.1 Å². The van der Waals surface area contributed by atoms with Gasteiger partial charge in [-0.2, -0.15) is 4.39 Å². The summed E-state index contributed by atoms with van der Waals surface area (Å²) in [5.74, 6) is -0.140. The molecule has 1 aromatic heterocycles. The van der Waals surface area contributed by atoms with E-state index in [9.17, 15) is 9.50 Å². The number of pyridine rings is 1. The highest BCUT2D eigenvalue weighted by molar-refractivity contribution is 5.11. The van der Waals surface area contributed by atoms with Gasteiger partial charge in [0.15, 0.2) is 0 Å². The van der Waals surface area contributed by atoms with Crippen LogP contribution in [0.2, 0.25) is 0 Å². The van der Waals surface area contributed by atoms with Crippen LogP contribution >= 0.6 is 0 Å². The fourth-order valence-electron chi connectivity index (χ4n) is 1.96. The molecule has 0 aliphatic carbocycles. The van der Waals surface area contributed by atoms with Gasteiger partial charge in [0, 0.05) is 19.3 Å². The van der Waals surface area contributed by atoms with Crippen molar-refractivity contribution in [2.75, 3.05) is 13.1 Å². The first-order valence-corrected chi connectivity index (χ1v) is 5.25. The molecule has 1 aliphatic heterocycles. The Balaban J connectivity index is 1.87. The predicted octanol–water partition coefficient (Wildman–Crippen LogP) is 0.734. The van der Waals surface area contributed by atoms with Crippen LogP contribution in [0.3, 0.4) is 0 Å². The second kappa shape index (κ2) is 4.68. The van der Waals surface area contributed by atoms with Crippen LogP contribution in [-0.4, -0.2) is 29.3 Å². The standard InChI is InChI=1S/C11H15FN2O/c12-11-5-8(3-4-14-11)1-2-9-6-13-7-10(9)15/h3-5,9-10,13,15H,1-2,6-7H2. The molecule has 1 saturated heterocycles. The number of aryl methyl sites for hydroxylation is 1. The number of rotatable bonds is 3. The van der Waals surface area contributed by atoms with E-state index >= 15 is 0 Å². The third-order valence-electron chi connectivity index (χ3n) is 2.90. The van der Waals surface area contributed by atoms with Crippen molar-refractivity contribution < 1.29 is 9.50 Å². The number of hydrogen-bond donors (Lipinski definition) is 2. The van der Waals surface area contributed by atoms with E-state index in [4.69, 9.17) is 0 Å². The molecule has 2 heterocycles. The highest BCUT2D eigenvalue weighted by atomic mass is 19.1. The van der Waals surface area contributed by atoms with Crippen LogP contribution in [0.15, 0.2) is 18.3 Å². The van der Waals surface area contributed by atoms with Crippen molar-refractivity contribution in [2.45, 2.75) is 18.9 Å². The minimum absolute atomic E-state index is 0.253. The van der Waals surface area contributed by atoms with Crippen LogP contribution in [0.25, 0.3) is 0 Å². The molecule has 4 heteroatoms. The molecule has 1 fully saturated rings. The van der Waals surface area contributed by atoms with Gasteiger partial charge < -0.3 is 10.4 Å². The van der Waals surface area contributed by atoms with Gasteiger partial charge in [-0.05, 0) is 36.5 Å². The van der Waals surface area contributed by atoms with Gasteiger partial charge in [-0.25, -0.2) is 4.98 Å². The molecule has 0 aromatic carbocycles. The van der Waals surface area contributed by atoms with Crippen molar-refractivity contribution in [2.24, 2.45) is 5.92 Å². The lowest BCUT2D eigenvalue weighted by atomic mass is 9.97. The molecule has 2 rings (SSSR count). The molecular formula is C11H15FN2O. The number of aliphatic hydroxyl groups is 1. The lowest BCUT2D eigenvalue weighted by Gasteiger charge is -2.12. The summed E-state index contributed by atoms with van der Waals surface area (Å²) in [5.41, 5.74) is 0.946. The fraction of sp³-hybridized carbons (Fsp3) is 0.545. The summed E-state index contributed by atoms with van der Waals surface area (Å²) >= 11 is 0. The lowest BCUT2D eigenvalue weighted by molar-refractivity contribution is 0.143. The number of β-amino-alcohol motifs (C(OH)–C–C–N with tert-alkyl or cyclic N) is 1. The average molecular weight is 210 g/mol. The van der Waals surface area contributed by atoms with Crippen LogP contribution in [0, 0.1) is 11.9 Å². The van der Waals surface area contributed by atoms with Gasteiger partial charge in [-0.3, -0.25) is 0 Å². The van der Waals surface area contributed by atoms with Crippen LogP contribution in [0.4, 0.5) is 4.39 Å². The van der Waals surface area contributed by atoms with Gasteiger partial charge in [-0.15, -0.1) is 0 Å². The summed E-state index contributed by atoms with van der Waals surface area (Å²) < 4.78 is 12.8. The zero-order valence-electron chi connectivity index (χ0n) is 8.49. The number of hydrogen-bond acceptors (Lipinski definition) is 3. The number of nitrogens with one attached hydrogen (secondary N) is 1. The second-order valence-electron chi connectivity index (χ2n) is 4.01. The zero-order chi connectivity index (χ0) is 10.7. The maximum absolute atomic E-state index is 12.8. The van der Waals surface area contributed by atoms with E-state index in [-0.39, 0.29) is 6.10 Å². The third kappa shape index (κ3) is 2.73. The van der Waals surface area contributed by atoms with Gasteiger partial charge in [0.25, 0.3) is 0 Å². The van der Waals surface area contributed by atoms with Crippen molar-refractivity contribution in [3.05, 3.63) is 29.8 Å². The molecule has 2 unspecified atom stereocenters. The molecule has 1 aromatic rings. The molecular weight excluding hydrogens is 195 g/mol. The quantitative estimate of drug-likeness (QED) is 0.723. The van der Waals surface area contributed by atoms with E-state index in [0.29, 0.717) is 12.5 Å². The Kier molecular flexibility index (Phi) is 3.28. The molecule has 0 spiro atoms. The van der Waals surface area contributed by atoms with E-state index in [0.717, 1.165) is 24.9 Å². The van der Waals surface area contributed by atoms with Crippen LogP contribution < -0.4 is 5.32 Å². The molecule has 15 heavy (non-hydrogen) atoms. The third-order valence-corrected chi connectivity index (χ3v) is 2.90. The fourth-order valence-corrected chi connectivity index (χ4v) is 1.96. The Bertz CT molecular complexity index is 332.